The quantitative estimate of drug-likeness (QED) is 0.820. The van der Waals surface area contributed by atoms with Gasteiger partial charge in [0.2, 0.25) is 0 Å². The molecule has 1 aliphatic carbocycles. The molecule has 1 fully saturated rings. The molecular weight excluding hydrogens is 309 g/mol. The fourth-order valence-electron chi connectivity index (χ4n) is 2.66. The Morgan fingerprint density at radius 2 is 2.21 bits per heavy atom. The minimum atomic E-state index is -0.279. The van der Waals surface area contributed by atoms with Crippen LogP contribution in [0.1, 0.15) is 32.6 Å². The molecule has 1 N–H and O–H groups in total. The molecule has 2 atom stereocenters. The van der Waals surface area contributed by atoms with E-state index in [-0.39, 0.29) is 5.82 Å². The van der Waals surface area contributed by atoms with Crippen molar-refractivity contribution in [1.29, 1.82) is 0 Å². The highest BCUT2D eigenvalue weighted by molar-refractivity contribution is 9.10. The van der Waals surface area contributed by atoms with E-state index < -0.39 is 0 Å². The van der Waals surface area contributed by atoms with Gasteiger partial charge in [0, 0.05) is 23.1 Å². The highest BCUT2D eigenvalue weighted by Gasteiger charge is 2.17. The number of benzene rings is 1. The van der Waals surface area contributed by atoms with Crippen LogP contribution in [-0.2, 0) is 0 Å². The summed E-state index contributed by atoms with van der Waals surface area (Å²) in [6.07, 6.45) is 5.18. The van der Waals surface area contributed by atoms with E-state index in [1.807, 2.05) is 0 Å². The lowest BCUT2D eigenvalue weighted by Crippen LogP contribution is -2.36. The maximum absolute atomic E-state index is 13.1. The first-order valence-corrected chi connectivity index (χ1v) is 7.75. The lowest BCUT2D eigenvalue weighted by Gasteiger charge is -2.27. The summed E-state index contributed by atoms with van der Waals surface area (Å²) < 4.78 is 19.4. The molecule has 1 aliphatic rings. The molecule has 0 radical (unpaired) electrons. The average molecular weight is 330 g/mol. The van der Waals surface area contributed by atoms with Crippen molar-refractivity contribution in [2.24, 2.45) is 5.92 Å². The lowest BCUT2D eigenvalue weighted by atomic mass is 9.87. The molecule has 0 aromatic heterocycles. The van der Waals surface area contributed by atoms with Crippen LogP contribution in [0.15, 0.2) is 22.7 Å². The van der Waals surface area contributed by atoms with Crippen LogP contribution in [0.25, 0.3) is 0 Å². The molecule has 2 rings (SSSR count). The van der Waals surface area contributed by atoms with Gasteiger partial charge >= 0.3 is 0 Å². The van der Waals surface area contributed by atoms with E-state index in [0.29, 0.717) is 22.9 Å². The molecule has 1 aromatic carbocycles. The van der Waals surface area contributed by atoms with Crippen LogP contribution >= 0.6 is 15.9 Å². The Kier molecular flexibility index (Phi) is 5.64. The van der Waals surface area contributed by atoms with Crippen molar-refractivity contribution in [1.82, 2.24) is 5.32 Å². The van der Waals surface area contributed by atoms with Gasteiger partial charge in [-0.1, -0.05) is 35.7 Å². The van der Waals surface area contributed by atoms with Gasteiger partial charge in [0.15, 0.2) is 0 Å². The van der Waals surface area contributed by atoms with Gasteiger partial charge in [-0.05, 0) is 30.9 Å². The number of hydrogen-bond acceptors (Lipinski definition) is 2. The van der Waals surface area contributed by atoms with Crippen molar-refractivity contribution >= 4 is 15.9 Å². The van der Waals surface area contributed by atoms with Crippen molar-refractivity contribution in [3.63, 3.8) is 0 Å². The summed E-state index contributed by atoms with van der Waals surface area (Å²) in [6.45, 7) is 3.70. The van der Waals surface area contributed by atoms with Crippen LogP contribution < -0.4 is 10.1 Å². The summed E-state index contributed by atoms with van der Waals surface area (Å²) in [5, 5.41) is 3.52. The van der Waals surface area contributed by atoms with E-state index in [9.17, 15) is 4.39 Å². The summed E-state index contributed by atoms with van der Waals surface area (Å²) in [5.74, 6) is 1.12. The maximum atomic E-state index is 13.1. The second-order valence-corrected chi connectivity index (χ2v) is 6.29. The highest BCUT2D eigenvalue weighted by atomic mass is 79.9. The molecule has 4 heteroatoms. The summed E-state index contributed by atoms with van der Waals surface area (Å²) in [5.41, 5.74) is 0. The summed E-state index contributed by atoms with van der Waals surface area (Å²) in [6, 6.07) is 5.24. The van der Waals surface area contributed by atoms with Gasteiger partial charge < -0.3 is 10.1 Å². The van der Waals surface area contributed by atoms with Crippen molar-refractivity contribution in [2.75, 3.05) is 13.2 Å². The number of hydrogen-bond donors (Lipinski definition) is 1. The standard InChI is InChI=1S/C15H21BrFNO/c1-11-3-2-4-14(7-11)18-5-6-19-15-9-12(16)8-13(17)10-15/h8-11,14,18H,2-7H2,1H3. The van der Waals surface area contributed by atoms with Crippen molar-refractivity contribution in [3.05, 3.63) is 28.5 Å². The summed E-state index contributed by atoms with van der Waals surface area (Å²) in [7, 11) is 0. The number of rotatable bonds is 5. The molecule has 2 nitrogen and oxygen atoms in total. The Labute approximate surface area is 122 Å². The van der Waals surface area contributed by atoms with Crippen molar-refractivity contribution in [2.45, 2.75) is 38.6 Å². The monoisotopic (exact) mass is 329 g/mol. The molecule has 0 spiro atoms. The topological polar surface area (TPSA) is 21.3 Å². The van der Waals surface area contributed by atoms with Gasteiger partial charge in [-0.2, -0.15) is 0 Å². The van der Waals surface area contributed by atoms with E-state index in [1.54, 1.807) is 6.07 Å². The van der Waals surface area contributed by atoms with Crippen LogP contribution in [0, 0.1) is 11.7 Å². The minimum Gasteiger partial charge on any atom is -0.492 e. The zero-order valence-corrected chi connectivity index (χ0v) is 12.9. The van der Waals surface area contributed by atoms with Crippen molar-refractivity contribution < 1.29 is 9.13 Å². The predicted octanol–water partition coefficient (Wildman–Crippen LogP) is 4.14. The molecule has 0 aliphatic heterocycles. The van der Waals surface area contributed by atoms with Gasteiger partial charge in [-0.15, -0.1) is 0 Å². The molecule has 106 valence electrons. The van der Waals surface area contributed by atoms with Crippen LogP contribution in [0.3, 0.4) is 0 Å². The fourth-order valence-corrected chi connectivity index (χ4v) is 3.11. The summed E-state index contributed by atoms with van der Waals surface area (Å²) in [4.78, 5) is 0. The molecule has 0 heterocycles. The molecule has 0 saturated heterocycles. The first kappa shape index (κ1) is 14.8. The molecular formula is C15H21BrFNO. The normalized spacial score (nSPS) is 23.3. The summed E-state index contributed by atoms with van der Waals surface area (Å²) >= 11 is 3.26. The number of ether oxygens (including phenoxy) is 1. The second-order valence-electron chi connectivity index (χ2n) is 5.38. The van der Waals surface area contributed by atoms with Gasteiger partial charge in [0.25, 0.3) is 0 Å². The third-order valence-electron chi connectivity index (χ3n) is 3.58. The second kappa shape index (κ2) is 7.25. The number of nitrogens with one attached hydrogen (secondary N) is 1. The van der Waals surface area contributed by atoms with Crippen LogP contribution in [-0.4, -0.2) is 19.2 Å². The zero-order valence-electron chi connectivity index (χ0n) is 11.3. The molecule has 19 heavy (non-hydrogen) atoms. The minimum absolute atomic E-state index is 0.279. The largest absolute Gasteiger partial charge is 0.492 e. The molecule has 1 saturated carbocycles. The lowest BCUT2D eigenvalue weighted by molar-refractivity contribution is 0.266. The molecule has 0 bridgehead atoms. The predicted molar refractivity (Wildman–Crippen MR) is 79.0 cm³/mol. The SMILES string of the molecule is CC1CCCC(NCCOc2cc(F)cc(Br)c2)C1. The smallest absolute Gasteiger partial charge is 0.128 e. The van der Waals surface area contributed by atoms with Gasteiger partial charge in [0.1, 0.15) is 18.2 Å². The third-order valence-corrected chi connectivity index (χ3v) is 4.03. The maximum Gasteiger partial charge on any atom is 0.128 e. The van der Waals surface area contributed by atoms with Crippen LogP contribution in [0.4, 0.5) is 4.39 Å². The Balaban J connectivity index is 1.68. The van der Waals surface area contributed by atoms with Crippen LogP contribution in [0.5, 0.6) is 5.75 Å². The average Bonchev–Trinajstić information content (AvgIpc) is 2.34. The Hall–Kier alpha value is -0.610. The third kappa shape index (κ3) is 5.11. The van der Waals surface area contributed by atoms with E-state index in [1.165, 1.54) is 37.8 Å². The van der Waals surface area contributed by atoms with E-state index in [4.69, 9.17) is 4.74 Å². The van der Waals surface area contributed by atoms with E-state index in [2.05, 4.69) is 28.2 Å². The van der Waals surface area contributed by atoms with Crippen molar-refractivity contribution in [3.8, 4) is 5.75 Å². The zero-order chi connectivity index (χ0) is 13.7. The number of halogens is 2. The molecule has 2 unspecified atom stereocenters. The highest BCUT2D eigenvalue weighted by Crippen LogP contribution is 2.23. The van der Waals surface area contributed by atoms with E-state index in [0.717, 1.165) is 12.5 Å². The Bertz CT molecular complexity index is 393. The first-order chi connectivity index (χ1) is 9.13. The Morgan fingerprint density at radius 1 is 1.37 bits per heavy atom. The van der Waals surface area contributed by atoms with E-state index >= 15 is 0 Å². The van der Waals surface area contributed by atoms with Crippen LogP contribution in [0.2, 0.25) is 0 Å². The fraction of sp³-hybridized carbons (Fsp3) is 0.600. The molecule has 0 amide bonds. The van der Waals surface area contributed by atoms with Gasteiger partial charge in [0.05, 0.1) is 0 Å². The van der Waals surface area contributed by atoms with Gasteiger partial charge in [-0.3, -0.25) is 0 Å². The van der Waals surface area contributed by atoms with Gasteiger partial charge in [-0.25, -0.2) is 4.39 Å². The molecule has 1 aromatic rings. The first-order valence-electron chi connectivity index (χ1n) is 6.96. The Morgan fingerprint density at radius 3 is 2.95 bits per heavy atom.